The predicted molar refractivity (Wildman–Crippen MR) is 105 cm³/mol. The summed E-state index contributed by atoms with van der Waals surface area (Å²) in [7, 11) is -3.55. The predicted octanol–water partition coefficient (Wildman–Crippen LogP) is 2.44. The summed E-state index contributed by atoms with van der Waals surface area (Å²) in [5.74, 6) is 0. The van der Waals surface area contributed by atoms with Crippen LogP contribution in [0.1, 0.15) is 11.3 Å². The van der Waals surface area contributed by atoms with Gasteiger partial charge in [0.25, 0.3) is 0 Å². The van der Waals surface area contributed by atoms with Gasteiger partial charge in [-0.2, -0.15) is 4.31 Å². The molecule has 3 heterocycles. The number of sulfonamides is 1. The second kappa shape index (κ2) is 7.34. The molecule has 0 atom stereocenters. The molecule has 0 saturated carbocycles. The molecule has 7 heteroatoms. The molecule has 1 aliphatic rings. The highest BCUT2D eigenvalue weighted by Crippen LogP contribution is 2.27. The number of hydrogen-bond donors (Lipinski definition) is 0. The number of aromatic nitrogens is 2. The normalized spacial score (nSPS) is 16.6. The molecule has 0 bridgehead atoms. The lowest BCUT2D eigenvalue weighted by atomic mass is 10.1. The van der Waals surface area contributed by atoms with Crippen LogP contribution < -0.4 is 0 Å². The molecule has 1 aromatic carbocycles. The number of benzene rings is 1. The first-order valence-electron chi connectivity index (χ1n) is 9.02. The molecule has 0 amide bonds. The molecular weight excluding hydrogens is 360 g/mol. The van der Waals surface area contributed by atoms with Crippen LogP contribution >= 0.6 is 0 Å². The van der Waals surface area contributed by atoms with Gasteiger partial charge in [0.15, 0.2) is 0 Å². The van der Waals surface area contributed by atoms with Gasteiger partial charge in [-0.1, -0.05) is 12.1 Å². The molecule has 1 saturated heterocycles. The lowest BCUT2D eigenvalue weighted by Crippen LogP contribution is -2.48. The standard InChI is InChI=1S/C20H22N4O2S/c1-16-7-8-19(18-6-4-10-22-20(16)18)27(25,26)24-13-11-23(12-14-24)15-17-5-2-3-9-21-17/h2-10H,11-15H2,1H3. The van der Waals surface area contributed by atoms with Gasteiger partial charge in [-0.25, -0.2) is 8.42 Å². The minimum absolute atomic E-state index is 0.342. The van der Waals surface area contributed by atoms with Crippen molar-refractivity contribution < 1.29 is 8.42 Å². The molecule has 0 aliphatic carbocycles. The number of nitrogens with zero attached hydrogens (tertiary/aromatic N) is 4. The number of rotatable bonds is 4. The summed E-state index contributed by atoms with van der Waals surface area (Å²) in [6.07, 6.45) is 3.48. The highest BCUT2D eigenvalue weighted by Gasteiger charge is 2.30. The summed E-state index contributed by atoms with van der Waals surface area (Å²) >= 11 is 0. The first kappa shape index (κ1) is 18.0. The summed E-state index contributed by atoms with van der Waals surface area (Å²) in [5.41, 5.74) is 2.72. The fourth-order valence-corrected chi connectivity index (χ4v) is 5.11. The Balaban J connectivity index is 1.54. The lowest BCUT2D eigenvalue weighted by molar-refractivity contribution is 0.180. The summed E-state index contributed by atoms with van der Waals surface area (Å²) in [4.78, 5) is 11.3. The van der Waals surface area contributed by atoms with Crippen LogP contribution in [0.2, 0.25) is 0 Å². The Morgan fingerprint density at radius 2 is 1.70 bits per heavy atom. The van der Waals surface area contributed by atoms with E-state index in [1.807, 2.05) is 37.3 Å². The molecule has 6 nitrogen and oxygen atoms in total. The van der Waals surface area contributed by atoms with Gasteiger partial charge in [0.1, 0.15) is 0 Å². The Kier molecular flexibility index (Phi) is 4.90. The first-order valence-corrected chi connectivity index (χ1v) is 10.5. The largest absolute Gasteiger partial charge is 0.295 e. The number of piperazine rings is 1. The minimum atomic E-state index is -3.55. The Bertz CT molecular complexity index is 1050. The topological polar surface area (TPSA) is 66.4 Å². The van der Waals surface area contributed by atoms with Crippen LogP contribution in [0.5, 0.6) is 0 Å². The van der Waals surface area contributed by atoms with Crippen molar-refractivity contribution >= 4 is 20.9 Å². The van der Waals surface area contributed by atoms with Crippen LogP contribution in [0, 0.1) is 6.92 Å². The fourth-order valence-electron chi connectivity index (χ4n) is 3.50. The second-order valence-corrected chi connectivity index (χ2v) is 8.69. The maximum atomic E-state index is 13.2. The van der Waals surface area contributed by atoms with Gasteiger partial charge in [0.05, 0.1) is 16.1 Å². The van der Waals surface area contributed by atoms with E-state index in [-0.39, 0.29) is 0 Å². The highest BCUT2D eigenvalue weighted by atomic mass is 32.2. The molecule has 2 aromatic heterocycles. The minimum Gasteiger partial charge on any atom is -0.295 e. The zero-order valence-electron chi connectivity index (χ0n) is 15.2. The number of fused-ring (bicyclic) bond motifs is 1. The molecule has 3 aromatic rings. The van der Waals surface area contributed by atoms with Crippen LogP contribution in [-0.4, -0.2) is 53.8 Å². The number of aryl methyl sites for hydroxylation is 1. The molecule has 140 valence electrons. The quantitative estimate of drug-likeness (QED) is 0.693. The number of hydrogen-bond acceptors (Lipinski definition) is 5. The van der Waals surface area contributed by atoms with Crippen molar-refractivity contribution in [3.63, 3.8) is 0 Å². The third kappa shape index (κ3) is 3.58. The van der Waals surface area contributed by atoms with E-state index in [4.69, 9.17) is 0 Å². The average Bonchev–Trinajstić information content (AvgIpc) is 2.69. The zero-order valence-corrected chi connectivity index (χ0v) is 16.1. The van der Waals surface area contributed by atoms with E-state index in [9.17, 15) is 8.42 Å². The van der Waals surface area contributed by atoms with Gasteiger partial charge in [0, 0.05) is 50.5 Å². The van der Waals surface area contributed by atoms with Gasteiger partial charge in [-0.15, -0.1) is 0 Å². The third-order valence-electron chi connectivity index (χ3n) is 4.99. The van der Waals surface area contributed by atoms with Crippen molar-refractivity contribution in [2.45, 2.75) is 18.4 Å². The Labute approximate surface area is 159 Å². The molecule has 0 spiro atoms. The summed E-state index contributed by atoms with van der Waals surface area (Å²) in [6, 6.07) is 13.0. The molecule has 4 rings (SSSR count). The van der Waals surface area contributed by atoms with E-state index in [1.54, 1.807) is 28.8 Å². The SMILES string of the molecule is Cc1ccc(S(=O)(=O)N2CCN(Cc3ccccn3)CC2)c2cccnc12. The Morgan fingerprint density at radius 1 is 0.926 bits per heavy atom. The molecule has 27 heavy (non-hydrogen) atoms. The summed E-state index contributed by atoms with van der Waals surface area (Å²) in [5, 5.41) is 0.688. The van der Waals surface area contributed by atoms with Crippen LogP contribution in [0.4, 0.5) is 0 Å². The van der Waals surface area contributed by atoms with Crippen LogP contribution in [-0.2, 0) is 16.6 Å². The zero-order chi connectivity index (χ0) is 18.9. The van der Waals surface area contributed by atoms with E-state index < -0.39 is 10.0 Å². The molecule has 0 unspecified atom stereocenters. The van der Waals surface area contributed by atoms with Crippen molar-refractivity contribution in [2.24, 2.45) is 0 Å². The van der Waals surface area contributed by atoms with Crippen molar-refractivity contribution in [1.29, 1.82) is 0 Å². The smallest absolute Gasteiger partial charge is 0.243 e. The number of pyridine rings is 2. The van der Waals surface area contributed by atoms with Crippen molar-refractivity contribution in [2.75, 3.05) is 26.2 Å². The lowest BCUT2D eigenvalue weighted by Gasteiger charge is -2.34. The van der Waals surface area contributed by atoms with Gasteiger partial charge in [0.2, 0.25) is 10.0 Å². The molecule has 0 N–H and O–H groups in total. The maximum Gasteiger partial charge on any atom is 0.243 e. The van der Waals surface area contributed by atoms with Gasteiger partial charge >= 0.3 is 0 Å². The molecular formula is C20H22N4O2S. The Morgan fingerprint density at radius 3 is 2.44 bits per heavy atom. The maximum absolute atomic E-state index is 13.2. The first-order chi connectivity index (χ1) is 13.1. The average molecular weight is 382 g/mol. The van der Waals surface area contributed by atoms with Crippen molar-refractivity contribution in [1.82, 2.24) is 19.2 Å². The van der Waals surface area contributed by atoms with Crippen molar-refractivity contribution in [3.05, 3.63) is 66.1 Å². The van der Waals surface area contributed by atoms with Crippen LogP contribution in [0.3, 0.4) is 0 Å². The van der Waals surface area contributed by atoms with Gasteiger partial charge in [-0.05, 0) is 42.8 Å². The van der Waals surface area contributed by atoms with E-state index in [0.717, 1.165) is 23.3 Å². The Hall–Kier alpha value is -2.35. The van der Waals surface area contributed by atoms with Gasteiger partial charge in [-0.3, -0.25) is 14.9 Å². The summed E-state index contributed by atoms with van der Waals surface area (Å²) in [6.45, 7) is 5.03. The fraction of sp³-hybridized carbons (Fsp3) is 0.300. The second-order valence-electron chi connectivity index (χ2n) is 6.78. The summed E-state index contributed by atoms with van der Waals surface area (Å²) < 4.78 is 28.1. The van der Waals surface area contributed by atoms with Crippen LogP contribution in [0.25, 0.3) is 10.9 Å². The van der Waals surface area contributed by atoms with Crippen LogP contribution in [0.15, 0.2) is 59.8 Å². The molecule has 1 fully saturated rings. The highest BCUT2D eigenvalue weighted by molar-refractivity contribution is 7.89. The van der Waals surface area contributed by atoms with E-state index in [2.05, 4.69) is 14.9 Å². The monoisotopic (exact) mass is 382 g/mol. The van der Waals surface area contributed by atoms with Gasteiger partial charge < -0.3 is 0 Å². The van der Waals surface area contributed by atoms with Crippen molar-refractivity contribution in [3.8, 4) is 0 Å². The van der Waals surface area contributed by atoms with E-state index in [0.29, 0.717) is 36.5 Å². The van der Waals surface area contributed by atoms with E-state index >= 15 is 0 Å². The molecule has 0 radical (unpaired) electrons. The van der Waals surface area contributed by atoms with E-state index in [1.165, 1.54) is 0 Å². The third-order valence-corrected chi connectivity index (χ3v) is 6.95. The molecule has 1 aliphatic heterocycles.